The van der Waals surface area contributed by atoms with Crippen molar-refractivity contribution in [2.75, 3.05) is 10.6 Å². The maximum atomic E-state index is 12.8. The summed E-state index contributed by atoms with van der Waals surface area (Å²) in [4.78, 5) is 24.0. The molecule has 0 radical (unpaired) electrons. The fourth-order valence-electron chi connectivity index (χ4n) is 3.99. The number of nitrogens with zero attached hydrogens (tertiary/aromatic N) is 1. The molecule has 1 saturated carbocycles. The largest absolute Gasteiger partial charge is 0.345 e. The summed E-state index contributed by atoms with van der Waals surface area (Å²) in [5.74, 6) is -0.336. The van der Waals surface area contributed by atoms with E-state index < -0.39 is 0 Å². The van der Waals surface area contributed by atoms with Crippen molar-refractivity contribution in [3.63, 3.8) is 0 Å². The lowest BCUT2D eigenvalue weighted by molar-refractivity contribution is -0.114. The van der Waals surface area contributed by atoms with Crippen molar-refractivity contribution >= 4 is 34.8 Å². The Morgan fingerprint density at radius 1 is 1.07 bits per heavy atom. The number of carbonyl (C=O) groups excluding carboxylic acids is 2. The molecule has 0 aliphatic heterocycles. The first-order valence-electron chi connectivity index (χ1n) is 9.43. The van der Waals surface area contributed by atoms with Gasteiger partial charge in [-0.3, -0.25) is 9.59 Å². The first-order valence-corrected chi connectivity index (χ1v) is 9.81. The van der Waals surface area contributed by atoms with Crippen molar-refractivity contribution in [2.24, 2.45) is 0 Å². The SMILES string of the molecule is CC(=O)Nc1ccc(NC(=O)c2cc(C)n(C3CCCCC3)c2C)cc1Cl. The lowest BCUT2D eigenvalue weighted by Crippen LogP contribution is -2.17. The van der Waals surface area contributed by atoms with Crippen molar-refractivity contribution in [1.29, 1.82) is 0 Å². The van der Waals surface area contributed by atoms with Gasteiger partial charge in [0.25, 0.3) is 5.91 Å². The van der Waals surface area contributed by atoms with E-state index in [1.165, 1.54) is 39.0 Å². The lowest BCUT2D eigenvalue weighted by Gasteiger charge is -2.26. The second-order valence-corrected chi connectivity index (χ2v) is 7.68. The van der Waals surface area contributed by atoms with Crippen LogP contribution in [-0.4, -0.2) is 16.4 Å². The zero-order valence-electron chi connectivity index (χ0n) is 16.1. The Morgan fingerprint density at radius 3 is 2.41 bits per heavy atom. The van der Waals surface area contributed by atoms with E-state index in [0.717, 1.165) is 11.4 Å². The predicted molar refractivity (Wildman–Crippen MR) is 110 cm³/mol. The van der Waals surface area contributed by atoms with Gasteiger partial charge in [0.2, 0.25) is 5.91 Å². The highest BCUT2D eigenvalue weighted by atomic mass is 35.5. The Labute approximate surface area is 165 Å². The third-order valence-electron chi connectivity index (χ3n) is 5.21. The minimum Gasteiger partial charge on any atom is -0.345 e. The van der Waals surface area contributed by atoms with Gasteiger partial charge in [-0.05, 0) is 51.0 Å². The minimum absolute atomic E-state index is 0.145. The van der Waals surface area contributed by atoms with E-state index in [2.05, 4.69) is 22.1 Å². The van der Waals surface area contributed by atoms with E-state index in [9.17, 15) is 9.59 Å². The summed E-state index contributed by atoms with van der Waals surface area (Å²) in [6.45, 7) is 5.51. The summed E-state index contributed by atoms with van der Waals surface area (Å²) in [7, 11) is 0. The van der Waals surface area contributed by atoms with E-state index in [-0.39, 0.29) is 11.8 Å². The van der Waals surface area contributed by atoms with E-state index >= 15 is 0 Å². The average Bonchev–Trinajstić information content (AvgIpc) is 2.92. The molecule has 1 aromatic heterocycles. The van der Waals surface area contributed by atoms with Crippen LogP contribution in [0.2, 0.25) is 5.02 Å². The quantitative estimate of drug-likeness (QED) is 0.730. The summed E-state index contributed by atoms with van der Waals surface area (Å²) in [5.41, 5.74) is 3.96. The molecule has 2 amide bonds. The van der Waals surface area contributed by atoms with Crippen molar-refractivity contribution in [3.05, 3.63) is 46.2 Å². The molecule has 1 heterocycles. The molecule has 144 valence electrons. The number of benzene rings is 1. The van der Waals surface area contributed by atoms with Crippen molar-refractivity contribution in [3.8, 4) is 0 Å². The number of aromatic nitrogens is 1. The number of nitrogens with one attached hydrogen (secondary N) is 2. The number of hydrogen-bond acceptors (Lipinski definition) is 2. The molecule has 3 rings (SSSR count). The topological polar surface area (TPSA) is 63.1 Å². The van der Waals surface area contributed by atoms with E-state index in [0.29, 0.717) is 28.0 Å². The molecule has 0 unspecified atom stereocenters. The number of halogens is 1. The van der Waals surface area contributed by atoms with Crippen LogP contribution in [0.5, 0.6) is 0 Å². The number of carbonyl (C=O) groups is 2. The highest BCUT2D eigenvalue weighted by Gasteiger charge is 2.22. The standard InChI is InChI=1S/C21H26ClN3O2/c1-13-11-18(14(2)25(13)17-7-5-4-6-8-17)21(27)24-16-9-10-20(19(22)12-16)23-15(3)26/h9-12,17H,4-8H2,1-3H3,(H,23,26)(H,24,27). The fourth-order valence-corrected chi connectivity index (χ4v) is 4.22. The maximum Gasteiger partial charge on any atom is 0.257 e. The second-order valence-electron chi connectivity index (χ2n) is 7.28. The number of amides is 2. The minimum atomic E-state index is -0.191. The average molecular weight is 388 g/mol. The smallest absolute Gasteiger partial charge is 0.257 e. The van der Waals surface area contributed by atoms with Crippen LogP contribution in [0, 0.1) is 13.8 Å². The molecule has 6 heteroatoms. The summed E-state index contributed by atoms with van der Waals surface area (Å²) >= 11 is 6.19. The number of hydrogen-bond donors (Lipinski definition) is 2. The Kier molecular flexibility index (Phi) is 5.90. The number of anilines is 2. The summed E-state index contributed by atoms with van der Waals surface area (Å²) in [6.07, 6.45) is 6.17. The second kappa shape index (κ2) is 8.17. The molecule has 2 N–H and O–H groups in total. The van der Waals surface area contributed by atoms with Crippen LogP contribution >= 0.6 is 11.6 Å². The molecule has 0 spiro atoms. The van der Waals surface area contributed by atoms with Crippen molar-refractivity contribution in [2.45, 2.75) is 58.9 Å². The van der Waals surface area contributed by atoms with E-state index in [4.69, 9.17) is 11.6 Å². The Hall–Kier alpha value is -2.27. The zero-order valence-corrected chi connectivity index (χ0v) is 16.8. The number of rotatable bonds is 4. The first kappa shape index (κ1) is 19.5. The zero-order chi connectivity index (χ0) is 19.6. The van der Waals surface area contributed by atoms with Crippen LogP contribution < -0.4 is 10.6 Å². The predicted octanol–water partition coefficient (Wildman–Crippen LogP) is 5.47. The lowest BCUT2D eigenvalue weighted by atomic mass is 9.95. The van der Waals surface area contributed by atoms with Gasteiger partial charge in [-0.1, -0.05) is 30.9 Å². The molecular formula is C21H26ClN3O2. The molecule has 0 atom stereocenters. The van der Waals surface area contributed by atoms with Crippen LogP contribution in [0.4, 0.5) is 11.4 Å². The molecule has 27 heavy (non-hydrogen) atoms. The molecular weight excluding hydrogens is 362 g/mol. The van der Waals surface area contributed by atoms with Gasteiger partial charge in [-0.25, -0.2) is 0 Å². The maximum absolute atomic E-state index is 12.8. The molecule has 2 aromatic rings. The Bertz CT molecular complexity index is 867. The van der Waals surface area contributed by atoms with E-state index in [1.54, 1.807) is 18.2 Å². The Morgan fingerprint density at radius 2 is 1.78 bits per heavy atom. The first-order chi connectivity index (χ1) is 12.9. The molecule has 0 bridgehead atoms. The number of aryl methyl sites for hydroxylation is 1. The third-order valence-corrected chi connectivity index (χ3v) is 5.52. The normalized spacial score (nSPS) is 14.8. The molecule has 1 aliphatic rings. The highest BCUT2D eigenvalue weighted by Crippen LogP contribution is 2.32. The van der Waals surface area contributed by atoms with Gasteiger partial charge >= 0.3 is 0 Å². The van der Waals surface area contributed by atoms with Crippen LogP contribution in [0.15, 0.2) is 24.3 Å². The Balaban J connectivity index is 1.78. The molecule has 1 aliphatic carbocycles. The van der Waals surface area contributed by atoms with Gasteiger partial charge in [0.15, 0.2) is 0 Å². The van der Waals surface area contributed by atoms with Crippen LogP contribution in [0.1, 0.15) is 66.8 Å². The third kappa shape index (κ3) is 4.35. The molecule has 0 saturated heterocycles. The van der Waals surface area contributed by atoms with Gasteiger partial charge in [-0.2, -0.15) is 0 Å². The van der Waals surface area contributed by atoms with Gasteiger partial charge in [-0.15, -0.1) is 0 Å². The van der Waals surface area contributed by atoms with Crippen LogP contribution in [-0.2, 0) is 4.79 Å². The summed E-state index contributed by atoms with van der Waals surface area (Å²) in [5, 5.41) is 5.95. The van der Waals surface area contributed by atoms with Crippen LogP contribution in [0.25, 0.3) is 0 Å². The van der Waals surface area contributed by atoms with Gasteiger partial charge < -0.3 is 15.2 Å². The summed E-state index contributed by atoms with van der Waals surface area (Å²) < 4.78 is 2.32. The van der Waals surface area contributed by atoms with Crippen LogP contribution in [0.3, 0.4) is 0 Å². The monoisotopic (exact) mass is 387 g/mol. The van der Waals surface area contributed by atoms with E-state index in [1.807, 2.05) is 13.0 Å². The molecule has 1 fully saturated rings. The van der Waals surface area contributed by atoms with Gasteiger partial charge in [0.1, 0.15) is 0 Å². The van der Waals surface area contributed by atoms with Gasteiger partial charge in [0.05, 0.1) is 16.3 Å². The fraction of sp³-hybridized carbons (Fsp3) is 0.429. The molecule has 5 nitrogen and oxygen atoms in total. The van der Waals surface area contributed by atoms with Crippen molar-refractivity contribution in [1.82, 2.24) is 4.57 Å². The highest BCUT2D eigenvalue weighted by molar-refractivity contribution is 6.34. The van der Waals surface area contributed by atoms with Crippen molar-refractivity contribution < 1.29 is 9.59 Å². The van der Waals surface area contributed by atoms with Gasteiger partial charge in [0, 0.05) is 30.0 Å². The molecule has 1 aromatic carbocycles. The summed E-state index contributed by atoms with van der Waals surface area (Å²) in [6, 6.07) is 7.52.